The zero-order chi connectivity index (χ0) is 22.8. The molecule has 3 aromatic rings. The van der Waals surface area contributed by atoms with E-state index in [2.05, 4.69) is 10.4 Å². The van der Waals surface area contributed by atoms with E-state index in [1.807, 2.05) is 20.8 Å². The second kappa shape index (κ2) is 8.89. The van der Waals surface area contributed by atoms with Gasteiger partial charge < -0.3 is 10.2 Å². The lowest BCUT2D eigenvalue weighted by atomic mass is 9.92. The van der Waals surface area contributed by atoms with Crippen molar-refractivity contribution < 1.29 is 14.0 Å². The van der Waals surface area contributed by atoms with E-state index in [4.69, 9.17) is 11.6 Å². The highest BCUT2D eigenvalue weighted by atomic mass is 35.5. The quantitative estimate of drug-likeness (QED) is 0.624. The number of carbonyl (C=O) groups is 2. The van der Waals surface area contributed by atoms with Crippen LogP contribution in [-0.2, 0) is 10.2 Å². The Morgan fingerprint density at radius 2 is 1.81 bits per heavy atom. The van der Waals surface area contributed by atoms with Crippen LogP contribution in [0, 0.1) is 5.82 Å². The molecule has 0 saturated carbocycles. The first-order valence-electron chi connectivity index (χ1n) is 9.72. The molecule has 0 fully saturated rings. The third kappa shape index (κ3) is 5.49. The number of benzene rings is 2. The van der Waals surface area contributed by atoms with Gasteiger partial charge in [0, 0.05) is 29.1 Å². The topological polar surface area (TPSA) is 67.2 Å². The van der Waals surface area contributed by atoms with Gasteiger partial charge in [-0.3, -0.25) is 9.59 Å². The first-order chi connectivity index (χ1) is 14.5. The van der Waals surface area contributed by atoms with Crippen molar-refractivity contribution in [2.24, 2.45) is 0 Å². The van der Waals surface area contributed by atoms with Gasteiger partial charge in [0.05, 0.1) is 17.9 Å². The predicted molar refractivity (Wildman–Crippen MR) is 119 cm³/mol. The van der Waals surface area contributed by atoms with Crippen molar-refractivity contribution in [1.82, 2.24) is 14.7 Å². The van der Waals surface area contributed by atoms with Crippen molar-refractivity contribution in [3.63, 3.8) is 0 Å². The summed E-state index contributed by atoms with van der Waals surface area (Å²) in [6, 6.07) is 14.3. The first kappa shape index (κ1) is 22.5. The standard InChI is InChI=1S/C23H24ClFN4O2/c1-23(2,3)19-13-20(29(27-19)18-10-8-16(24)9-11-18)26-21(30)14-28(4)22(31)15-6-5-7-17(25)12-15/h5-13H,14H2,1-4H3,(H,26,30). The molecule has 0 spiro atoms. The lowest BCUT2D eigenvalue weighted by molar-refractivity contribution is -0.116. The molecular formula is C23H24ClFN4O2. The number of nitrogens with zero attached hydrogens (tertiary/aromatic N) is 3. The zero-order valence-corrected chi connectivity index (χ0v) is 18.6. The van der Waals surface area contributed by atoms with Gasteiger partial charge in [0.15, 0.2) is 0 Å². The molecule has 0 radical (unpaired) electrons. The molecular weight excluding hydrogens is 419 g/mol. The lowest BCUT2D eigenvalue weighted by Gasteiger charge is -2.17. The minimum Gasteiger partial charge on any atom is -0.332 e. The predicted octanol–water partition coefficient (Wildman–Crippen LogP) is 4.67. The highest BCUT2D eigenvalue weighted by Gasteiger charge is 2.22. The number of halogens is 2. The van der Waals surface area contributed by atoms with E-state index in [9.17, 15) is 14.0 Å². The summed E-state index contributed by atoms with van der Waals surface area (Å²) in [5, 5.41) is 8.06. The molecule has 0 saturated heterocycles. The number of rotatable bonds is 5. The molecule has 0 bridgehead atoms. The lowest BCUT2D eigenvalue weighted by Crippen LogP contribution is -2.35. The van der Waals surface area contributed by atoms with E-state index < -0.39 is 17.6 Å². The summed E-state index contributed by atoms with van der Waals surface area (Å²) in [4.78, 5) is 26.4. The van der Waals surface area contributed by atoms with Gasteiger partial charge in [-0.05, 0) is 42.5 Å². The molecule has 6 nitrogen and oxygen atoms in total. The smallest absolute Gasteiger partial charge is 0.254 e. The average Bonchev–Trinajstić information content (AvgIpc) is 3.12. The molecule has 1 heterocycles. The molecule has 0 aliphatic heterocycles. The fraction of sp³-hybridized carbons (Fsp3) is 0.261. The molecule has 162 valence electrons. The van der Waals surface area contributed by atoms with Crippen molar-refractivity contribution in [1.29, 1.82) is 0 Å². The van der Waals surface area contributed by atoms with Crippen LogP contribution in [0.3, 0.4) is 0 Å². The summed E-state index contributed by atoms with van der Waals surface area (Å²) < 4.78 is 15.0. The van der Waals surface area contributed by atoms with Gasteiger partial charge >= 0.3 is 0 Å². The van der Waals surface area contributed by atoms with Crippen molar-refractivity contribution in [3.8, 4) is 5.69 Å². The minimum absolute atomic E-state index is 0.177. The van der Waals surface area contributed by atoms with Gasteiger partial charge in [0.25, 0.3) is 5.91 Å². The number of likely N-dealkylation sites (N-methyl/N-ethyl adjacent to an activating group) is 1. The Morgan fingerprint density at radius 1 is 1.13 bits per heavy atom. The Morgan fingerprint density at radius 3 is 2.42 bits per heavy atom. The molecule has 1 aromatic heterocycles. The van der Waals surface area contributed by atoms with E-state index in [0.29, 0.717) is 10.8 Å². The summed E-state index contributed by atoms with van der Waals surface area (Å²) in [7, 11) is 1.49. The molecule has 3 rings (SSSR count). The van der Waals surface area contributed by atoms with Crippen LogP contribution < -0.4 is 5.32 Å². The van der Waals surface area contributed by atoms with Gasteiger partial charge in [0.1, 0.15) is 11.6 Å². The molecule has 0 aliphatic rings. The van der Waals surface area contributed by atoms with E-state index in [1.54, 1.807) is 35.0 Å². The Hall–Kier alpha value is -3.19. The molecule has 31 heavy (non-hydrogen) atoms. The molecule has 8 heteroatoms. The number of carbonyl (C=O) groups excluding carboxylic acids is 2. The van der Waals surface area contributed by atoms with Crippen LogP contribution in [0.5, 0.6) is 0 Å². The van der Waals surface area contributed by atoms with Gasteiger partial charge in [-0.1, -0.05) is 38.4 Å². The Bertz CT molecular complexity index is 1100. The van der Waals surface area contributed by atoms with Crippen LogP contribution in [0.4, 0.5) is 10.2 Å². The highest BCUT2D eigenvalue weighted by molar-refractivity contribution is 6.30. The van der Waals surface area contributed by atoms with Crippen LogP contribution in [-0.4, -0.2) is 40.1 Å². The van der Waals surface area contributed by atoms with E-state index in [-0.39, 0.29) is 17.5 Å². The summed E-state index contributed by atoms with van der Waals surface area (Å²) in [5.41, 5.74) is 1.47. The average molecular weight is 443 g/mol. The van der Waals surface area contributed by atoms with Crippen molar-refractivity contribution in [2.75, 3.05) is 18.9 Å². The van der Waals surface area contributed by atoms with Crippen LogP contribution in [0.2, 0.25) is 5.02 Å². The van der Waals surface area contributed by atoms with Crippen LogP contribution in [0.1, 0.15) is 36.8 Å². The summed E-state index contributed by atoms with van der Waals surface area (Å²) in [5.74, 6) is -0.881. The third-order valence-corrected chi connectivity index (χ3v) is 4.87. The van der Waals surface area contributed by atoms with Gasteiger partial charge in [0.2, 0.25) is 5.91 Å². The number of amides is 2. The van der Waals surface area contributed by atoms with Crippen molar-refractivity contribution >= 4 is 29.2 Å². The largest absolute Gasteiger partial charge is 0.332 e. The molecule has 0 unspecified atom stereocenters. The maximum atomic E-state index is 13.4. The maximum absolute atomic E-state index is 13.4. The summed E-state index contributed by atoms with van der Waals surface area (Å²) >= 11 is 5.99. The number of hydrogen-bond acceptors (Lipinski definition) is 3. The second-order valence-corrected chi connectivity index (χ2v) is 8.71. The normalized spacial score (nSPS) is 11.3. The van der Waals surface area contributed by atoms with E-state index >= 15 is 0 Å². The SMILES string of the molecule is CN(CC(=O)Nc1cc(C(C)(C)C)nn1-c1ccc(Cl)cc1)C(=O)c1cccc(F)c1. The zero-order valence-electron chi connectivity index (χ0n) is 17.8. The number of hydrogen-bond donors (Lipinski definition) is 1. The molecule has 2 aromatic carbocycles. The number of anilines is 1. The fourth-order valence-corrected chi connectivity index (χ4v) is 3.05. The number of nitrogens with one attached hydrogen (secondary N) is 1. The monoisotopic (exact) mass is 442 g/mol. The number of aromatic nitrogens is 2. The second-order valence-electron chi connectivity index (χ2n) is 8.27. The van der Waals surface area contributed by atoms with E-state index in [1.165, 1.54) is 30.1 Å². The molecule has 0 atom stereocenters. The third-order valence-electron chi connectivity index (χ3n) is 4.62. The Balaban J connectivity index is 1.80. The highest BCUT2D eigenvalue weighted by Crippen LogP contribution is 2.26. The van der Waals surface area contributed by atoms with Gasteiger partial charge in [-0.2, -0.15) is 5.10 Å². The van der Waals surface area contributed by atoms with Gasteiger partial charge in [-0.25, -0.2) is 9.07 Å². The fourth-order valence-electron chi connectivity index (χ4n) is 2.93. The summed E-state index contributed by atoms with van der Waals surface area (Å²) in [6.07, 6.45) is 0. The van der Waals surface area contributed by atoms with Crippen LogP contribution in [0.15, 0.2) is 54.6 Å². The molecule has 0 aliphatic carbocycles. The van der Waals surface area contributed by atoms with Crippen LogP contribution >= 0.6 is 11.6 Å². The van der Waals surface area contributed by atoms with Crippen LogP contribution in [0.25, 0.3) is 5.69 Å². The Labute approximate surface area is 185 Å². The first-order valence-corrected chi connectivity index (χ1v) is 10.1. The summed E-state index contributed by atoms with van der Waals surface area (Å²) in [6.45, 7) is 5.88. The molecule has 2 amide bonds. The van der Waals surface area contributed by atoms with Gasteiger partial charge in [-0.15, -0.1) is 0 Å². The Kier molecular flexibility index (Phi) is 6.45. The molecule has 1 N–H and O–H groups in total. The van der Waals surface area contributed by atoms with E-state index in [0.717, 1.165) is 17.4 Å². The maximum Gasteiger partial charge on any atom is 0.254 e. The van der Waals surface area contributed by atoms with Crippen molar-refractivity contribution in [2.45, 2.75) is 26.2 Å². The van der Waals surface area contributed by atoms with Crippen molar-refractivity contribution in [3.05, 3.63) is 76.7 Å². The minimum atomic E-state index is -0.509.